The van der Waals surface area contributed by atoms with Crippen LogP contribution in [0.3, 0.4) is 0 Å². The zero-order valence-electron chi connectivity index (χ0n) is 12.9. The molecule has 2 rings (SSSR count). The number of carboxylic acid groups (broad SMARTS) is 1. The SMILES string of the molecule is CCC(CC)N1C(=O)CC(N2CC(C)C(C(=O)O)C2)C1=O. The topological polar surface area (TPSA) is 77.9 Å². The molecule has 3 atom stereocenters. The molecule has 2 saturated heterocycles. The predicted molar refractivity (Wildman–Crippen MR) is 76.5 cm³/mol. The highest BCUT2D eigenvalue weighted by Gasteiger charge is 2.48. The van der Waals surface area contributed by atoms with E-state index in [2.05, 4.69) is 0 Å². The summed E-state index contributed by atoms with van der Waals surface area (Å²) in [5.41, 5.74) is 0. The first-order valence-electron chi connectivity index (χ1n) is 7.73. The molecule has 0 aromatic rings. The van der Waals surface area contributed by atoms with Gasteiger partial charge in [-0.1, -0.05) is 20.8 Å². The minimum absolute atomic E-state index is 0.00704. The fraction of sp³-hybridized carbons (Fsp3) is 0.800. The van der Waals surface area contributed by atoms with Crippen LogP contribution in [0, 0.1) is 11.8 Å². The summed E-state index contributed by atoms with van der Waals surface area (Å²) in [6.07, 6.45) is 1.71. The Balaban J connectivity index is 2.11. The van der Waals surface area contributed by atoms with Gasteiger partial charge in [-0.3, -0.25) is 24.2 Å². The van der Waals surface area contributed by atoms with Crippen molar-refractivity contribution in [2.45, 2.75) is 52.1 Å². The third-order valence-corrected chi connectivity index (χ3v) is 4.87. The Labute approximate surface area is 125 Å². The van der Waals surface area contributed by atoms with E-state index in [9.17, 15) is 19.5 Å². The lowest BCUT2D eigenvalue weighted by Crippen LogP contribution is -2.44. The smallest absolute Gasteiger partial charge is 0.308 e. The maximum absolute atomic E-state index is 12.6. The molecule has 21 heavy (non-hydrogen) atoms. The van der Waals surface area contributed by atoms with E-state index < -0.39 is 17.9 Å². The number of carboxylic acids is 1. The minimum atomic E-state index is -0.821. The molecule has 0 aromatic heterocycles. The Bertz CT molecular complexity index is 447. The van der Waals surface area contributed by atoms with Crippen LogP contribution in [-0.2, 0) is 14.4 Å². The van der Waals surface area contributed by atoms with Gasteiger partial charge in [0.05, 0.1) is 18.4 Å². The van der Waals surface area contributed by atoms with E-state index in [0.29, 0.717) is 13.1 Å². The van der Waals surface area contributed by atoms with E-state index in [4.69, 9.17) is 0 Å². The van der Waals surface area contributed by atoms with Gasteiger partial charge in [-0.15, -0.1) is 0 Å². The third kappa shape index (κ3) is 2.81. The number of carbonyl (C=O) groups is 3. The Morgan fingerprint density at radius 3 is 2.38 bits per heavy atom. The molecule has 0 radical (unpaired) electrons. The summed E-state index contributed by atoms with van der Waals surface area (Å²) >= 11 is 0. The van der Waals surface area contributed by atoms with Crippen LogP contribution in [0.1, 0.15) is 40.0 Å². The third-order valence-electron chi connectivity index (χ3n) is 4.87. The lowest BCUT2D eigenvalue weighted by atomic mass is 9.99. The number of amides is 2. The largest absolute Gasteiger partial charge is 0.481 e. The van der Waals surface area contributed by atoms with Gasteiger partial charge < -0.3 is 5.11 Å². The standard InChI is InChI=1S/C15H24N2O4/c1-4-10(5-2)17-13(18)6-12(14(17)19)16-7-9(3)11(8-16)15(20)21/h9-12H,4-8H2,1-3H3,(H,20,21). The molecule has 118 valence electrons. The van der Waals surface area contributed by atoms with Gasteiger partial charge >= 0.3 is 5.97 Å². The Hall–Kier alpha value is -1.43. The normalized spacial score (nSPS) is 30.7. The molecular weight excluding hydrogens is 272 g/mol. The van der Waals surface area contributed by atoms with Gasteiger partial charge in [0.15, 0.2) is 0 Å². The first kappa shape index (κ1) is 15.9. The summed E-state index contributed by atoms with van der Waals surface area (Å²) < 4.78 is 0. The average molecular weight is 296 g/mol. The highest BCUT2D eigenvalue weighted by atomic mass is 16.4. The van der Waals surface area contributed by atoms with Crippen LogP contribution in [0.15, 0.2) is 0 Å². The molecule has 0 aliphatic carbocycles. The van der Waals surface area contributed by atoms with E-state index in [-0.39, 0.29) is 30.2 Å². The van der Waals surface area contributed by atoms with Crippen molar-refractivity contribution >= 4 is 17.8 Å². The molecule has 6 nitrogen and oxygen atoms in total. The van der Waals surface area contributed by atoms with E-state index in [1.165, 1.54) is 4.90 Å². The van der Waals surface area contributed by atoms with Crippen LogP contribution in [-0.4, -0.2) is 57.9 Å². The van der Waals surface area contributed by atoms with Crippen LogP contribution < -0.4 is 0 Å². The van der Waals surface area contributed by atoms with E-state index in [1.54, 1.807) is 0 Å². The van der Waals surface area contributed by atoms with Gasteiger partial charge in [-0.25, -0.2) is 0 Å². The first-order chi connectivity index (χ1) is 9.90. The van der Waals surface area contributed by atoms with E-state index >= 15 is 0 Å². The number of hydrogen-bond donors (Lipinski definition) is 1. The van der Waals surface area contributed by atoms with Crippen molar-refractivity contribution in [2.24, 2.45) is 11.8 Å². The highest BCUT2D eigenvalue weighted by Crippen LogP contribution is 2.30. The molecule has 0 bridgehead atoms. The molecule has 0 aromatic carbocycles. The molecule has 6 heteroatoms. The summed E-state index contributed by atoms with van der Waals surface area (Å²) in [5.74, 6) is -1.53. The molecule has 2 amide bonds. The Morgan fingerprint density at radius 1 is 1.29 bits per heavy atom. The van der Waals surface area contributed by atoms with Crippen molar-refractivity contribution in [3.05, 3.63) is 0 Å². The zero-order valence-corrected chi connectivity index (χ0v) is 12.9. The fourth-order valence-electron chi connectivity index (χ4n) is 3.54. The zero-order chi connectivity index (χ0) is 15.7. The van der Waals surface area contributed by atoms with Gasteiger partial charge in [0, 0.05) is 19.1 Å². The number of aliphatic carboxylic acids is 1. The number of rotatable bonds is 5. The van der Waals surface area contributed by atoms with Gasteiger partial charge in [-0.2, -0.15) is 0 Å². The molecule has 2 heterocycles. The van der Waals surface area contributed by atoms with Gasteiger partial charge in [-0.05, 0) is 18.8 Å². The lowest BCUT2D eigenvalue weighted by Gasteiger charge is -2.26. The Morgan fingerprint density at radius 2 is 1.90 bits per heavy atom. The van der Waals surface area contributed by atoms with E-state index in [1.807, 2.05) is 25.7 Å². The average Bonchev–Trinajstić information content (AvgIpc) is 2.94. The van der Waals surface area contributed by atoms with E-state index in [0.717, 1.165) is 12.8 Å². The van der Waals surface area contributed by atoms with Crippen LogP contribution in [0.5, 0.6) is 0 Å². The van der Waals surface area contributed by atoms with Crippen LogP contribution in [0.2, 0.25) is 0 Å². The van der Waals surface area contributed by atoms with Crippen molar-refractivity contribution in [3.63, 3.8) is 0 Å². The number of nitrogens with zero attached hydrogens (tertiary/aromatic N) is 2. The van der Waals surface area contributed by atoms with Crippen molar-refractivity contribution < 1.29 is 19.5 Å². The quantitative estimate of drug-likeness (QED) is 0.764. The molecule has 0 saturated carbocycles. The second kappa shape index (κ2) is 6.13. The molecule has 0 spiro atoms. The second-order valence-corrected chi connectivity index (χ2v) is 6.17. The Kier molecular flexibility index (Phi) is 4.66. The molecule has 2 fully saturated rings. The molecular formula is C15H24N2O4. The van der Waals surface area contributed by atoms with Crippen molar-refractivity contribution in [1.82, 2.24) is 9.80 Å². The maximum Gasteiger partial charge on any atom is 0.308 e. The van der Waals surface area contributed by atoms with Crippen LogP contribution in [0.4, 0.5) is 0 Å². The predicted octanol–water partition coefficient (Wildman–Crippen LogP) is 0.955. The lowest BCUT2D eigenvalue weighted by molar-refractivity contribution is -0.144. The number of imide groups is 1. The van der Waals surface area contributed by atoms with Crippen molar-refractivity contribution in [3.8, 4) is 0 Å². The minimum Gasteiger partial charge on any atom is -0.481 e. The fourth-order valence-corrected chi connectivity index (χ4v) is 3.54. The van der Waals surface area contributed by atoms with Gasteiger partial charge in [0.25, 0.3) is 0 Å². The second-order valence-electron chi connectivity index (χ2n) is 6.17. The van der Waals surface area contributed by atoms with Gasteiger partial charge in [0.1, 0.15) is 0 Å². The maximum atomic E-state index is 12.6. The number of likely N-dealkylation sites (tertiary alicyclic amines) is 2. The number of hydrogen-bond acceptors (Lipinski definition) is 4. The van der Waals surface area contributed by atoms with Gasteiger partial charge in [0.2, 0.25) is 11.8 Å². The van der Waals surface area contributed by atoms with Crippen molar-refractivity contribution in [2.75, 3.05) is 13.1 Å². The summed E-state index contributed by atoms with van der Waals surface area (Å²) in [6, 6.07) is -0.504. The van der Waals surface area contributed by atoms with Crippen molar-refractivity contribution in [1.29, 1.82) is 0 Å². The number of carbonyl (C=O) groups excluding carboxylic acids is 2. The first-order valence-corrected chi connectivity index (χ1v) is 7.73. The summed E-state index contributed by atoms with van der Waals surface area (Å²) in [5, 5.41) is 9.19. The molecule has 2 aliphatic rings. The van der Waals surface area contributed by atoms with Crippen LogP contribution >= 0.6 is 0 Å². The molecule has 1 N–H and O–H groups in total. The van der Waals surface area contributed by atoms with Crippen LogP contribution in [0.25, 0.3) is 0 Å². The highest BCUT2D eigenvalue weighted by molar-refractivity contribution is 6.05. The summed E-state index contributed by atoms with van der Waals surface area (Å²) in [6.45, 7) is 6.76. The monoisotopic (exact) mass is 296 g/mol. The molecule has 2 aliphatic heterocycles. The molecule has 3 unspecified atom stereocenters. The summed E-state index contributed by atoms with van der Waals surface area (Å²) in [7, 11) is 0. The summed E-state index contributed by atoms with van der Waals surface area (Å²) in [4.78, 5) is 39.2.